The Morgan fingerprint density at radius 3 is 2.43 bits per heavy atom. The van der Waals surface area contributed by atoms with Crippen molar-refractivity contribution in [2.24, 2.45) is 5.92 Å². The summed E-state index contributed by atoms with van der Waals surface area (Å²) in [6.07, 6.45) is 0.631. The first kappa shape index (κ1) is 17.0. The number of methoxy groups -OCH3 is 1. The number of hydrogen-bond donors (Lipinski definition) is 1. The van der Waals surface area contributed by atoms with Crippen LogP contribution in [0.1, 0.15) is 57.0 Å². The van der Waals surface area contributed by atoms with E-state index >= 15 is 0 Å². The lowest BCUT2D eigenvalue weighted by Crippen LogP contribution is -2.37. The van der Waals surface area contributed by atoms with Crippen molar-refractivity contribution in [3.05, 3.63) is 17.8 Å². The minimum atomic E-state index is -0.598. The molecule has 1 atom stereocenters. The molecular weight excluding hydrogens is 276 g/mol. The predicted molar refractivity (Wildman–Crippen MR) is 74.8 cm³/mol. The van der Waals surface area contributed by atoms with Crippen molar-refractivity contribution in [3.63, 3.8) is 0 Å². The van der Waals surface area contributed by atoms with E-state index in [4.69, 9.17) is 9.15 Å². The molecule has 7 heteroatoms. The number of rotatable bonds is 4. The fourth-order valence-corrected chi connectivity index (χ4v) is 1.58. The van der Waals surface area contributed by atoms with E-state index in [0.29, 0.717) is 0 Å². The number of alkyl carbamates (subject to hydrolysis) is 1. The van der Waals surface area contributed by atoms with E-state index in [1.807, 2.05) is 13.8 Å². The largest absolute Gasteiger partial charge is 0.464 e. The number of ether oxygens (including phenoxy) is 2. The van der Waals surface area contributed by atoms with Gasteiger partial charge in [0.25, 0.3) is 0 Å². The Morgan fingerprint density at radius 1 is 1.33 bits per heavy atom. The van der Waals surface area contributed by atoms with Gasteiger partial charge >= 0.3 is 12.1 Å². The number of oxazole rings is 1. The van der Waals surface area contributed by atoms with Gasteiger partial charge in [-0.15, -0.1) is 0 Å². The highest BCUT2D eigenvalue weighted by Gasteiger charge is 2.27. The van der Waals surface area contributed by atoms with Gasteiger partial charge < -0.3 is 19.2 Å². The highest BCUT2D eigenvalue weighted by Crippen LogP contribution is 2.22. The number of aromatic nitrogens is 1. The topological polar surface area (TPSA) is 90.7 Å². The normalized spacial score (nSPS) is 12.9. The van der Waals surface area contributed by atoms with Gasteiger partial charge in [0.1, 0.15) is 17.9 Å². The number of nitrogens with zero attached hydrogens (tertiary/aromatic N) is 1. The number of carbonyl (C=O) groups is 2. The summed E-state index contributed by atoms with van der Waals surface area (Å²) in [7, 11) is 1.26. The summed E-state index contributed by atoms with van der Waals surface area (Å²) in [5, 5.41) is 2.69. The van der Waals surface area contributed by atoms with Crippen molar-refractivity contribution in [2.75, 3.05) is 7.11 Å². The van der Waals surface area contributed by atoms with Crippen LogP contribution in [0.25, 0.3) is 0 Å². The maximum Gasteiger partial charge on any atom is 0.408 e. The van der Waals surface area contributed by atoms with Gasteiger partial charge in [-0.2, -0.15) is 0 Å². The third-order valence-electron chi connectivity index (χ3n) is 2.52. The molecule has 118 valence electrons. The Morgan fingerprint density at radius 2 is 1.95 bits per heavy atom. The number of hydrogen-bond acceptors (Lipinski definition) is 6. The molecule has 7 nitrogen and oxygen atoms in total. The lowest BCUT2D eigenvalue weighted by atomic mass is 10.0. The summed E-state index contributed by atoms with van der Waals surface area (Å²) in [5.74, 6) is -0.359. The molecule has 0 aromatic carbocycles. The SMILES string of the molecule is COC(=O)c1coc(C(NC(=O)OC(C)(C)C)C(C)C)n1. The van der Waals surface area contributed by atoms with Gasteiger partial charge in [0.15, 0.2) is 5.69 Å². The molecular formula is C14H22N2O5. The first-order valence-corrected chi connectivity index (χ1v) is 6.67. The van der Waals surface area contributed by atoms with Crippen molar-refractivity contribution in [2.45, 2.75) is 46.3 Å². The third-order valence-corrected chi connectivity index (χ3v) is 2.52. The van der Waals surface area contributed by atoms with Gasteiger partial charge in [-0.3, -0.25) is 0 Å². The van der Waals surface area contributed by atoms with Crippen LogP contribution in [-0.2, 0) is 9.47 Å². The van der Waals surface area contributed by atoms with E-state index in [2.05, 4.69) is 15.0 Å². The van der Waals surface area contributed by atoms with Gasteiger partial charge in [0.05, 0.1) is 7.11 Å². The molecule has 0 radical (unpaired) electrons. The summed E-state index contributed by atoms with van der Waals surface area (Å²) < 4.78 is 15.0. The Hall–Kier alpha value is -2.05. The summed E-state index contributed by atoms with van der Waals surface area (Å²) >= 11 is 0. The van der Waals surface area contributed by atoms with Crippen LogP contribution in [0.3, 0.4) is 0 Å². The first-order chi connectivity index (χ1) is 9.64. The quantitative estimate of drug-likeness (QED) is 0.859. The molecule has 0 aliphatic heterocycles. The zero-order valence-corrected chi connectivity index (χ0v) is 13.2. The molecule has 1 amide bonds. The second kappa shape index (κ2) is 6.60. The van der Waals surface area contributed by atoms with Gasteiger partial charge in [-0.25, -0.2) is 14.6 Å². The molecule has 21 heavy (non-hydrogen) atoms. The van der Waals surface area contributed by atoms with Gasteiger partial charge in [-0.05, 0) is 26.7 Å². The Kier molecular flexibility index (Phi) is 5.34. The number of amides is 1. The molecule has 1 aromatic heterocycles. The van der Waals surface area contributed by atoms with Gasteiger partial charge in [0.2, 0.25) is 5.89 Å². The molecule has 1 rings (SSSR count). The van der Waals surface area contributed by atoms with Crippen molar-refractivity contribution in [1.29, 1.82) is 0 Å². The highest BCUT2D eigenvalue weighted by atomic mass is 16.6. The Bertz CT molecular complexity index is 502. The lowest BCUT2D eigenvalue weighted by molar-refractivity contribution is 0.0479. The number of nitrogens with one attached hydrogen (secondary N) is 1. The molecule has 1 aromatic rings. The van der Waals surface area contributed by atoms with Gasteiger partial charge in [-0.1, -0.05) is 13.8 Å². The van der Waals surface area contributed by atoms with Crippen LogP contribution in [0.15, 0.2) is 10.7 Å². The first-order valence-electron chi connectivity index (χ1n) is 6.67. The molecule has 0 fully saturated rings. The zero-order chi connectivity index (χ0) is 16.2. The smallest absolute Gasteiger partial charge is 0.408 e. The second-order valence-electron chi connectivity index (χ2n) is 5.93. The highest BCUT2D eigenvalue weighted by molar-refractivity contribution is 5.86. The van der Waals surface area contributed by atoms with Crippen molar-refractivity contribution in [3.8, 4) is 0 Å². The third kappa shape index (κ3) is 5.09. The van der Waals surface area contributed by atoms with E-state index in [9.17, 15) is 9.59 Å². The molecule has 0 aliphatic carbocycles. The van der Waals surface area contributed by atoms with E-state index in [1.165, 1.54) is 13.4 Å². The van der Waals surface area contributed by atoms with E-state index in [0.717, 1.165) is 0 Å². The number of carbonyl (C=O) groups excluding carboxylic acids is 2. The maximum atomic E-state index is 11.8. The van der Waals surface area contributed by atoms with Crippen molar-refractivity contribution >= 4 is 12.1 Å². The fourth-order valence-electron chi connectivity index (χ4n) is 1.58. The molecule has 0 saturated heterocycles. The van der Waals surface area contributed by atoms with E-state index in [1.54, 1.807) is 20.8 Å². The average molecular weight is 298 g/mol. The van der Waals surface area contributed by atoms with Crippen LogP contribution in [0.5, 0.6) is 0 Å². The molecule has 1 unspecified atom stereocenters. The predicted octanol–water partition coefficient (Wildman–Crippen LogP) is 2.68. The average Bonchev–Trinajstić information content (AvgIpc) is 2.81. The van der Waals surface area contributed by atoms with Crippen LogP contribution in [-0.4, -0.2) is 29.8 Å². The molecule has 0 aliphatic rings. The second-order valence-corrected chi connectivity index (χ2v) is 5.93. The maximum absolute atomic E-state index is 11.8. The van der Waals surface area contributed by atoms with Crippen LogP contribution in [0.2, 0.25) is 0 Å². The van der Waals surface area contributed by atoms with Crippen LogP contribution in [0.4, 0.5) is 4.79 Å². The lowest BCUT2D eigenvalue weighted by Gasteiger charge is -2.24. The van der Waals surface area contributed by atoms with E-state index < -0.39 is 23.7 Å². The Balaban J connectivity index is 2.85. The van der Waals surface area contributed by atoms with E-state index in [-0.39, 0.29) is 17.5 Å². The molecule has 0 bridgehead atoms. The van der Waals surface area contributed by atoms with Gasteiger partial charge in [0, 0.05) is 0 Å². The minimum Gasteiger partial charge on any atom is -0.464 e. The van der Waals surface area contributed by atoms with Crippen LogP contribution in [0, 0.1) is 5.92 Å². The van der Waals surface area contributed by atoms with Crippen LogP contribution < -0.4 is 5.32 Å². The molecule has 0 saturated carbocycles. The standard InChI is InChI=1S/C14H22N2O5/c1-8(2)10(16-13(18)21-14(3,4)5)11-15-9(7-20-11)12(17)19-6/h7-8,10H,1-6H3,(H,16,18). The monoisotopic (exact) mass is 298 g/mol. The van der Waals surface area contributed by atoms with Crippen molar-refractivity contribution in [1.82, 2.24) is 10.3 Å². The molecule has 1 N–H and O–H groups in total. The molecule has 0 spiro atoms. The minimum absolute atomic E-state index is 0.00154. The van der Waals surface area contributed by atoms with Crippen LogP contribution >= 0.6 is 0 Å². The Labute approximate surface area is 124 Å². The fraction of sp³-hybridized carbons (Fsp3) is 0.643. The zero-order valence-electron chi connectivity index (χ0n) is 13.2. The summed E-state index contributed by atoms with van der Waals surface area (Å²) in [6.45, 7) is 9.11. The summed E-state index contributed by atoms with van der Waals surface area (Å²) in [4.78, 5) is 27.3. The summed E-state index contributed by atoms with van der Waals surface area (Å²) in [5.41, 5.74) is -0.538. The number of esters is 1. The summed E-state index contributed by atoms with van der Waals surface area (Å²) in [6, 6.07) is -0.502. The van der Waals surface area contributed by atoms with Crippen molar-refractivity contribution < 1.29 is 23.5 Å². The molecule has 1 heterocycles.